The highest BCUT2D eigenvalue weighted by Crippen LogP contribution is 2.27. The van der Waals surface area contributed by atoms with E-state index in [1.807, 2.05) is 31.2 Å². The summed E-state index contributed by atoms with van der Waals surface area (Å²) in [5.74, 6) is 0.282. The van der Waals surface area contributed by atoms with Gasteiger partial charge in [0.05, 0.1) is 26.2 Å². The van der Waals surface area contributed by atoms with Gasteiger partial charge in [-0.1, -0.05) is 26.0 Å². The number of methoxy groups -OCH3 is 1. The highest BCUT2D eigenvalue weighted by Gasteiger charge is 2.31. The van der Waals surface area contributed by atoms with Gasteiger partial charge in [0, 0.05) is 13.0 Å². The molecule has 1 amide bonds. The molecule has 1 aliphatic heterocycles. The standard InChI is InChI=1S/C18H27NO4/c1-13(2)16(14-5-7-15(21-4)8-6-14)17(20)19-10-9-18(3)22-11-12-23-18/h5-8,13,16H,9-12H2,1-4H3,(H,19,20). The Bertz CT molecular complexity index is 506. The van der Waals surface area contributed by atoms with Crippen molar-refractivity contribution in [1.29, 1.82) is 0 Å². The second kappa shape index (κ2) is 7.79. The third kappa shape index (κ3) is 4.69. The van der Waals surface area contributed by atoms with Crippen molar-refractivity contribution in [2.45, 2.75) is 38.9 Å². The van der Waals surface area contributed by atoms with Crippen molar-refractivity contribution in [3.8, 4) is 5.75 Å². The van der Waals surface area contributed by atoms with E-state index >= 15 is 0 Å². The van der Waals surface area contributed by atoms with E-state index in [4.69, 9.17) is 14.2 Å². The number of benzene rings is 1. The maximum atomic E-state index is 12.6. The van der Waals surface area contributed by atoms with Gasteiger partial charge in [-0.25, -0.2) is 0 Å². The fourth-order valence-electron chi connectivity index (χ4n) is 2.87. The number of hydrogen-bond donors (Lipinski definition) is 1. The summed E-state index contributed by atoms with van der Waals surface area (Å²) in [5, 5.41) is 3.01. The Morgan fingerprint density at radius 3 is 2.39 bits per heavy atom. The molecule has 0 aromatic heterocycles. The molecule has 0 radical (unpaired) electrons. The van der Waals surface area contributed by atoms with Gasteiger partial charge in [-0.05, 0) is 30.5 Å². The summed E-state index contributed by atoms with van der Waals surface area (Å²) in [6, 6.07) is 7.68. The molecule has 23 heavy (non-hydrogen) atoms. The quantitative estimate of drug-likeness (QED) is 0.839. The first-order valence-electron chi connectivity index (χ1n) is 8.15. The van der Waals surface area contributed by atoms with Crippen molar-refractivity contribution in [2.24, 2.45) is 5.92 Å². The normalized spacial score (nSPS) is 18.0. The van der Waals surface area contributed by atoms with Crippen LogP contribution < -0.4 is 10.1 Å². The van der Waals surface area contributed by atoms with Crippen LogP contribution in [0.1, 0.15) is 38.7 Å². The Morgan fingerprint density at radius 1 is 1.26 bits per heavy atom. The smallest absolute Gasteiger partial charge is 0.227 e. The lowest BCUT2D eigenvalue weighted by molar-refractivity contribution is -0.146. The number of rotatable bonds is 7. The first-order chi connectivity index (χ1) is 10.9. The maximum Gasteiger partial charge on any atom is 0.227 e. The Labute approximate surface area is 138 Å². The molecule has 5 nitrogen and oxygen atoms in total. The van der Waals surface area contributed by atoms with Crippen molar-refractivity contribution in [3.63, 3.8) is 0 Å². The van der Waals surface area contributed by atoms with E-state index in [0.29, 0.717) is 26.2 Å². The topological polar surface area (TPSA) is 56.8 Å². The Balaban J connectivity index is 1.95. The van der Waals surface area contributed by atoms with Crippen LogP contribution in [-0.4, -0.2) is 38.6 Å². The number of ether oxygens (including phenoxy) is 3. The molecule has 1 aromatic rings. The minimum atomic E-state index is -0.569. The number of nitrogens with one attached hydrogen (secondary N) is 1. The highest BCUT2D eigenvalue weighted by molar-refractivity contribution is 5.83. The Kier molecular flexibility index (Phi) is 6.02. The molecule has 128 valence electrons. The van der Waals surface area contributed by atoms with Gasteiger partial charge in [0.25, 0.3) is 0 Å². The number of hydrogen-bond acceptors (Lipinski definition) is 4. The summed E-state index contributed by atoms with van der Waals surface area (Å²) >= 11 is 0. The van der Waals surface area contributed by atoms with Crippen LogP contribution in [0.15, 0.2) is 24.3 Å². The molecule has 1 aliphatic rings. The monoisotopic (exact) mass is 321 g/mol. The predicted molar refractivity (Wildman–Crippen MR) is 88.5 cm³/mol. The van der Waals surface area contributed by atoms with Gasteiger partial charge < -0.3 is 19.5 Å². The number of amides is 1. The molecule has 1 atom stereocenters. The molecule has 1 saturated heterocycles. The van der Waals surface area contributed by atoms with Crippen LogP contribution in [0.3, 0.4) is 0 Å². The van der Waals surface area contributed by atoms with Crippen LogP contribution in [0.4, 0.5) is 0 Å². The van der Waals surface area contributed by atoms with Gasteiger partial charge in [0.15, 0.2) is 5.79 Å². The van der Waals surface area contributed by atoms with Gasteiger partial charge in [0.1, 0.15) is 5.75 Å². The molecule has 1 heterocycles. The van der Waals surface area contributed by atoms with Gasteiger partial charge in [0.2, 0.25) is 5.91 Å². The molecule has 2 rings (SSSR count). The molecule has 0 saturated carbocycles. The second-order valence-corrected chi connectivity index (χ2v) is 6.37. The third-order valence-electron chi connectivity index (χ3n) is 4.20. The van der Waals surface area contributed by atoms with Gasteiger partial charge in [-0.2, -0.15) is 0 Å². The average Bonchev–Trinajstić information content (AvgIpc) is 2.94. The average molecular weight is 321 g/mol. The molecule has 0 spiro atoms. The van der Waals surface area contributed by atoms with E-state index in [-0.39, 0.29) is 17.7 Å². The summed E-state index contributed by atoms with van der Waals surface area (Å²) in [5.41, 5.74) is 0.998. The zero-order chi connectivity index (χ0) is 16.9. The van der Waals surface area contributed by atoms with Crippen LogP contribution in [0.5, 0.6) is 5.75 Å². The van der Waals surface area contributed by atoms with Crippen molar-refractivity contribution in [3.05, 3.63) is 29.8 Å². The molecule has 1 N–H and O–H groups in total. The predicted octanol–water partition coefficient (Wildman–Crippen LogP) is 2.70. The lowest BCUT2D eigenvalue weighted by atomic mass is 9.87. The molecular formula is C18H27NO4. The van der Waals surface area contributed by atoms with Crippen LogP contribution in [-0.2, 0) is 14.3 Å². The molecule has 1 aromatic carbocycles. The fraction of sp³-hybridized carbons (Fsp3) is 0.611. The molecule has 0 aliphatic carbocycles. The maximum absolute atomic E-state index is 12.6. The lowest BCUT2D eigenvalue weighted by Gasteiger charge is -2.24. The van der Waals surface area contributed by atoms with E-state index in [9.17, 15) is 4.79 Å². The number of carbonyl (C=O) groups excluding carboxylic acids is 1. The van der Waals surface area contributed by atoms with Crippen molar-refractivity contribution in [1.82, 2.24) is 5.32 Å². The third-order valence-corrected chi connectivity index (χ3v) is 4.20. The lowest BCUT2D eigenvalue weighted by Crippen LogP contribution is -2.37. The number of carbonyl (C=O) groups is 1. The summed E-state index contributed by atoms with van der Waals surface area (Å²) in [4.78, 5) is 12.6. The van der Waals surface area contributed by atoms with Crippen LogP contribution >= 0.6 is 0 Å². The van der Waals surface area contributed by atoms with Crippen molar-refractivity contribution < 1.29 is 19.0 Å². The first-order valence-corrected chi connectivity index (χ1v) is 8.15. The van der Waals surface area contributed by atoms with Crippen LogP contribution in [0, 0.1) is 5.92 Å². The minimum Gasteiger partial charge on any atom is -0.497 e. The zero-order valence-corrected chi connectivity index (χ0v) is 14.4. The van der Waals surface area contributed by atoms with E-state index in [0.717, 1.165) is 11.3 Å². The minimum absolute atomic E-state index is 0.0340. The Hall–Kier alpha value is -1.59. The van der Waals surface area contributed by atoms with Gasteiger partial charge in [-0.15, -0.1) is 0 Å². The van der Waals surface area contributed by atoms with E-state index in [2.05, 4.69) is 19.2 Å². The summed E-state index contributed by atoms with van der Waals surface area (Å²) in [6.07, 6.45) is 0.645. The molecule has 5 heteroatoms. The molecule has 0 bridgehead atoms. The summed E-state index contributed by atoms with van der Waals surface area (Å²) in [7, 11) is 1.63. The second-order valence-electron chi connectivity index (χ2n) is 6.37. The SMILES string of the molecule is COc1ccc(C(C(=O)NCCC2(C)OCCO2)C(C)C)cc1. The van der Waals surface area contributed by atoms with Crippen molar-refractivity contribution >= 4 is 5.91 Å². The Morgan fingerprint density at radius 2 is 1.87 bits per heavy atom. The highest BCUT2D eigenvalue weighted by atomic mass is 16.7. The zero-order valence-electron chi connectivity index (χ0n) is 14.4. The molecule has 1 unspecified atom stereocenters. The van der Waals surface area contributed by atoms with Crippen molar-refractivity contribution in [2.75, 3.05) is 26.9 Å². The largest absolute Gasteiger partial charge is 0.497 e. The van der Waals surface area contributed by atoms with E-state index in [1.165, 1.54) is 0 Å². The van der Waals surface area contributed by atoms with E-state index < -0.39 is 5.79 Å². The molecule has 1 fully saturated rings. The summed E-state index contributed by atoms with van der Waals surface area (Å²) < 4.78 is 16.3. The van der Waals surface area contributed by atoms with Crippen LogP contribution in [0.25, 0.3) is 0 Å². The molecular weight excluding hydrogens is 294 g/mol. The summed E-state index contributed by atoms with van der Waals surface area (Å²) in [6.45, 7) is 7.79. The fourth-order valence-corrected chi connectivity index (χ4v) is 2.87. The van der Waals surface area contributed by atoms with Crippen LogP contribution in [0.2, 0.25) is 0 Å². The first kappa shape index (κ1) is 17.8. The van der Waals surface area contributed by atoms with Gasteiger partial charge in [-0.3, -0.25) is 4.79 Å². The van der Waals surface area contributed by atoms with Gasteiger partial charge >= 0.3 is 0 Å². The van der Waals surface area contributed by atoms with E-state index in [1.54, 1.807) is 7.11 Å².